The lowest BCUT2D eigenvalue weighted by Gasteiger charge is -2.16. The second-order valence-corrected chi connectivity index (χ2v) is 6.32. The van der Waals surface area contributed by atoms with Crippen LogP contribution in [0.3, 0.4) is 0 Å². The van der Waals surface area contributed by atoms with Crippen LogP contribution in [0.2, 0.25) is 0 Å². The normalized spacial score (nSPS) is 12.0. The molecule has 1 atom stereocenters. The lowest BCUT2D eigenvalue weighted by Crippen LogP contribution is -2.26. The van der Waals surface area contributed by atoms with Gasteiger partial charge in [0.05, 0.1) is 0 Å². The fourth-order valence-corrected chi connectivity index (χ4v) is 2.43. The van der Waals surface area contributed by atoms with E-state index < -0.39 is 6.10 Å². The summed E-state index contributed by atoms with van der Waals surface area (Å²) < 4.78 is 6.94. The minimum Gasteiger partial charge on any atom is -0.490 e. The first-order chi connectivity index (χ1) is 10.1. The summed E-state index contributed by atoms with van der Waals surface area (Å²) in [4.78, 5) is 0. The first-order valence-corrected chi connectivity index (χ1v) is 8.00. The highest BCUT2D eigenvalue weighted by Gasteiger charge is 2.08. The van der Waals surface area contributed by atoms with Crippen LogP contribution in [-0.4, -0.2) is 24.4 Å². The molecule has 0 saturated carbocycles. The molecule has 1 unspecified atom stereocenters. The summed E-state index contributed by atoms with van der Waals surface area (Å²) in [5, 5.41) is 13.2. The lowest BCUT2D eigenvalue weighted by atomic mass is 10.1. The van der Waals surface area contributed by atoms with Crippen molar-refractivity contribution in [2.24, 2.45) is 0 Å². The van der Waals surface area contributed by atoms with Crippen molar-refractivity contribution in [1.82, 2.24) is 0 Å². The lowest BCUT2D eigenvalue weighted by molar-refractivity contribution is 0.117. The standard InChI is InChI=1S/C17H20INO2/c1-12-4-3-5-13(2)17(12)21-11-16(20)10-19-15-8-6-14(18)7-9-15/h3-9,16,19-20H,10-11H2,1-2H3. The molecule has 3 nitrogen and oxygen atoms in total. The molecule has 0 aliphatic carbocycles. The zero-order valence-electron chi connectivity index (χ0n) is 12.3. The van der Waals surface area contributed by atoms with Crippen molar-refractivity contribution in [3.63, 3.8) is 0 Å². The second kappa shape index (κ2) is 7.66. The molecule has 2 aromatic carbocycles. The van der Waals surface area contributed by atoms with Crippen LogP contribution in [0.15, 0.2) is 42.5 Å². The zero-order chi connectivity index (χ0) is 15.2. The van der Waals surface area contributed by atoms with Gasteiger partial charge in [0, 0.05) is 15.8 Å². The van der Waals surface area contributed by atoms with Gasteiger partial charge < -0.3 is 15.2 Å². The van der Waals surface area contributed by atoms with E-state index in [2.05, 4.69) is 27.9 Å². The first-order valence-electron chi connectivity index (χ1n) is 6.93. The smallest absolute Gasteiger partial charge is 0.125 e. The molecule has 0 fully saturated rings. The highest BCUT2D eigenvalue weighted by Crippen LogP contribution is 2.22. The van der Waals surface area contributed by atoms with Gasteiger partial charge in [0.2, 0.25) is 0 Å². The fraction of sp³-hybridized carbons (Fsp3) is 0.294. The molecule has 0 aliphatic heterocycles. The van der Waals surface area contributed by atoms with Gasteiger partial charge in [-0.3, -0.25) is 0 Å². The van der Waals surface area contributed by atoms with Crippen LogP contribution < -0.4 is 10.1 Å². The van der Waals surface area contributed by atoms with Crippen LogP contribution in [0.25, 0.3) is 0 Å². The molecule has 112 valence electrons. The highest BCUT2D eigenvalue weighted by molar-refractivity contribution is 14.1. The maximum atomic E-state index is 10.0. The molecule has 4 heteroatoms. The fourth-order valence-electron chi connectivity index (χ4n) is 2.07. The SMILES string of the molecule is Cc1cccc(C)c1OCC(O)CNc1ccc(I)cc1. The van der Waals surface area contributed by atoms with Gasteiger partial charge in [-0.15, -0.1) is 0 Å². The molecule has 2 N–H and O–H groups in total. The van der Waals surface area contributed by atoms with Crippen molar-refractivity contribution in [3.05, 3.63) is 57.2 Å². The number of aliphatic hydroxyl groups is 1. The first kappa shape index (κ1) is 16.1. The van der Waals surface area contributed by atoms with E-state index in [0.717, 1.165) is 22.6 Å². The zero-order valence-corrected chi connectivity index (χ0v) is 14.4. The minimum atomic E-state index is -0.553. The molecule has 0 bridgehead atoms. The van der Waals surface area contributed by atoms with E-state index in [4.69, 9.17) is 4.74 Å². The molecule has 0 aromatic heterocycles. The topological polar surface area (TPSA) is 41.5 Å². The molecule has 2 aromatic rings. The third-order valence-electron chi connectivity index (χ3n) is 3.21. The van der Waals surface area contributed by atoms with Crippen molar-refractivity contribution in [2.75, 3.05) is 18.5 Å². The van der Waals surface area contributed by atoms with Crippen molar-refractivity contribution >= 4 is 28.3 Å². The Bertz CT molecular complexity index is 564. The quantitative estimate of drug-likeness (QED) is 0.730. The number of rotatable bonds is 6. The molecular formula is C17H20INO2. The van der Waals surface area contributed by atoms with Crippen LogP contribution in [-0.2, 0) is 0 Å². The van der Waals surface area contributed by atoms with Gasteiger partial charge in [-0.25, -0.2) is 0 Å². The number of para-hydroxylation sites is 1. The van der Waals surface area contributed by atoms with Crippen LogP contribution in [0.1, 0.15) is 11.1 Å². The van der Waals surface area contributed by atoms with Crippen molar-refractivity contribution in [2.45, 2.75) is 20.0 Å². The Morgan fingerprint density at radius 1 is 1.10 bits per heavy atom. The second-order valence-electron chi connectivity index (χ2n) is 5.07. The third kappa shape index (κ3) is 4.89. The predicted octanol–water partition coefficient (Wildman–Crippen LogP) is 3.76. The van der Waals surface area contributed by atoms with Crippen LogP contribution in [0.4, 0.5) is 5.69 Å². The number of hydrogen-bond donors (Lipinski definition) is 2. The van der Waals surface area contributed by atoms with E-state index >= 15 is 0 Å². The molecule has 0 aliphatic rings. The highest BCUT2D eigenvalue weighted by atomic mass is 127. The summed E-state index contributed by atoms with van der Waals surface area (Å²) >= 11 is 2.27. The monoisotopic (exact) mass is 397 g/mol. The Kier molecular flexibility index (Phi) is 5.87. The molecule has 0 spiro atoms. The molecule has 0 radical (unpaired) electrons. The van der Waals surface area contributed by atoms with Gasteiger partial charge in [-0.05, 0) is 71.8 Å². The molecule has 0 heterocycles. The van der Waals surface area contributed by atoms with E-state index in [1.54, 1.807) is 0 Å². The molecule has 2 rings (SSSR count). The number of nitrogens with one attached hydrogen (secondary N) is 1. The van der Waals surface area contributed by atoms with E-state index in [1.807, 2.05) is 56.3 Å². The average molecular weight is 397 g/mol. The number of aryl methyl sites for hydroxylation is 2. The largest absolute Gasteiger partial charge is 0.490 e. The van der Waals surface area contributed by atoms with Crippen molar-refractivity contribution < 1.29 is 9.84 Å². The van der Waals surface area contributed by atoms with Crippen molar-refractivity contribution in [1.29, 1.82) is 0 Å². The van der Waals surface area contributed by atoms with Crippen molar-refractivity contribution in [3.8, 4) is 5.75 Å². The van der Waals surface area contributed by atoms with Crippen LogP contribution in [0, 0.1) is 17.4 Å². The summed E-state index contributed by atoms with van der Waals surface area (Å²) in [6.07, 6.45) is -0.553. The minimum absolute atomic E-state index is 0.281. The van der Waals surface area contributed by atoms with E-state index in [-0.39, 0.29) is 6.61 Å². The molecule has 21 heavy (non-hydrogen) atoms. The number of ether oxygens (including phenoxy) is 1. The van der Waals surface area contributed by atoms with E-state index in [0.29, 0.717) is 6.54 Å². The maximum Gasteiger partial charge on any atom is 0.125 e. The summed E-state index contributed by atoms with van der Waals surface area (Å²) in [5.74, 6) is 0.866. The van der Waals surface area contributed by atoms with Gasteiger partial charge in [0.1, 0.15) is 18.5 Å². The van der Waals surface area contributed by atoms with Gasteiger partial charge in [-0.2, -0.15) is 0 Å². The maximum absolute atomic E-state index is 10.0. The third-order valence-corrected chi connectivity index (χ3v) is 3.93. The molecular weight excluding hydrogens is 377 g/mol. The number of benzene rings is 2. The van der Waals surface area contributed by atoms with Gasteiger partial charge >= 0.3 is 0 Å². The Balaban J connectivity index is 1.82. The van der Waals surface area contributed by atoms with E-state index in [1.165, 1.54) is 3.57 Å². The van der Waals surface area contributed by atoms with Gasteiger partial charge in [-0.1, -0.05) is 18.2 Å². The number of hydrogen-bond acceptors (Lipinski definition) is 3. The van der Waals surface area contributed by atoms with E-state index in [9.17, 15) is 5.11 Å². The van der Waals surface area contributed by atoms with Crippen LogP contribution >= 0.6 is 22.6 Å². The summed E-state index contributed by atoms with van der Waals surface area (Å²) in [5.41, 5.74) is 3.18. The van der Waals surface area contributed by atoms with Gasteiger partial charge in [0.25, 0.3) is 0 Å². The Labute approximate surface area is 139 Å². The Morgan fingerprint density at radius 2 is 1.71 bits per heavy atom. The molecule has 0 saturated heterocycles. The van der Waals surface area contributed by atoms with Crippen LogP contribution in [0.5, 0.6) is 5.75 Å². The summed E-state index contributed by atoms with van der Waals surface area (Å²) in [7, 11) is 0. The number of halogens is 1. The predicted molar refractivity (Wildman–Crippen MR) is 95.1 cm³/mol. The molecule has 0 amide bonds. The van der Waals surface area contributed by atoms with Gasteiger partial charge in [0.15, 0.2) is 0 Å². The Hall–Kier alpha value is -1.27. The Morgan fingerprint density at radius 3 is 2.33 bits per heavy atom. The number of aliphatic hydroxyl groups excluding tert-OH is 1. The summed E-state index contributed by atoms with van der Waals surface area (Å²) in [6, 6.07) is 14.1. The average Bonchev–Trinajstić information content (AvgIpc) is 2.46. The summed E-state index contributed by atoms with van der Waals surface area (Å²) in [6.45, 7) is 4.77. The number of anilines is 1.